The van der Waals surface area contributed by atoms with E-state index in [2.05, 4.69) is 152 Å². The molecule has 12 aromatic rings. The average molecular weight is 759 g/mol. The Balaban J connectivity index is 1.05. The first-order valence-electron chi connectivity index (χ1n) is 19.3. The van der Waals surface area contributed by atoms with Crippen molar-refractivity contribution in [2.24, 2.45) is 0 Å². The number of oxazole rings is 1. The SMILES string of the molecule is c1ccc(-c2nc3ccc4sc5ccc6ccc(-c7nc(-c8ccc(-c9cccc%10ccccc9%10)cc8)nc(-c8cccc9ccccc89)n7)cc6c5c4c3o2)cc1. The molecule has 0 radical (unpaired) electrons. The topological polar surface area (TPSA) is 64.7 Å². The van der Waals surface area contributed by atoms with Crippen LogP contribution in [0.25, 0.3) is 120 Å². The zero-order valence-corrected chi connectivity index (χ0v) is 31.7. The van der Waals surface area contributed by atoms with Gasteiger partial charge in [0.2, 0.25) is 5.89 Å². The summed E-state index contributed by atoms with van der Waals surface area (Å²) in [5.41, 5.74) is 7.72. The molecule has 0 aliphatic heterocycles. The van der Waals surface area contributed by atoms with Gasteiger partial charge >= 0.3 is 0 Å². The van der Waals surface area contributed by atoms with Gasteiger partial charge in [-0.05, 0) is 79.8 Å². The lowest BCUT2D eigenvalue weighted by atomic mass is 9.97. The highest BCUT2D eigenvalue weighted by Gasteiger charge is 2.19. The summed E-state index contributed by atoms with van der Waals surface area (Å²) in [7, 11) is 0. The van der Waals surface area contributed by atoms with E-state index in [0.717, 1.165) is 75.9 Å². The number of nitrogens with zero attached hydrogens (tertiary/aromatic N) is 4. The maximum absolute atomic E-state index is 6.58. The van der Waals surface area contributed by atoms with Crippen LogP contribution in [0.15, 0.2) is 186 Å². The van der Waals surface area contributed by atoms with E-state index in [1.54, 1.807) is 11.3 Å². The summed E-state index contributed by atoms with van der Waals surface area (Å²) in [5.74, 6) is 2.48. The normalized spacial score (nSPS) is 11.8. The van der Waals surface area contributed by atoms with Crippen LogP contribution in [0.4, 0.5) is 0 Å². The predicted octanol–water partition coefficient (Wildman–Crippen LogP) is 14.2. The van der Waals surface area contributed by atoms with Gasteiger partial charge in [0.05, 0.1) is 0 Å². The molecule has 0 saturated carbocycles. The van der Waals surface area contributed by atoms with Crippen LogP contribution in [0.1, 0.15) is 0 Å². The molecule has 0 aliphatic carbocycles. The third-order valence-corrected chi connectivity index (χ3v) is 12.3. The summed E-state index contributed by atoms with van der Waals surface area (Å²) < 4.78 is 8.92. The molecule has 0 saturated heterocycles. The smallest absolute Gasteiger partial charge is 0.227 e. The lowest BCUT2D eigenvalue weighted by Gasteiger charge is -2.12. The van der Waals surface area contributed by atoms with Crippen LogP contribution in [0.5, 0.6) is 0 Å². The Hall–Kier alpha value is -7.54. The Labute approximate surface area is 336 Å². The monoisotopic (exact) mass is 758 g/mol. The summed E-state index contributed by atoms with van der Waals surface area (Å²) in [6.45, 7) is 0. The number of rotatable bonds is 5. The minimum atomic E-state index is 0.612. The van der Waals surface area contributed by atoms with Crippen molar-refractivity contribution in [3.63, 3.8) is 0 Å². The molecule has 270 valence electrons. The fourth-order valence-electron chi connectivity index (χ4n) is 8.35. The molecule has 0 aliphatic rings. The third kappa shape index (κ3) is 5.30. The van der Waals surface area contributed by atoms with Gasteiger partial charge in [-0.25, -0.2) is 19.9 Å². The lowest BCUT2D eigenvalue weighted by molar-refractivity contribution is 0.623. The summed E-state index contributed by atoms with van der Waals surface area (Å²) in [5, 5.41) is 9.13. The van der Waals surface area contributed by atoms with Crippen molar-refractivity contribution in [1.29, 1.82) is 0 Å². The molecule has 58 heavy (non-hydrogen) atoms. The van der Waals surface area contributed by atoms with Crippen LogP contribution in [0, 0.1) is 0 Å². The molecule has 0 fully saturated rings. The lowest BCUT2D eigenvalue weighted by Crippen LogP contribution is -2.00. The van der Waals surface area contributed by atoms with E-state index >= 15 is 0 Å². The molecule has 0 amide bonds. The Morgan fingerprint density at radius 3 is 1.72 bits per heavy atom. The Morgan fingerprint density at radius 2 is 0.931 bits per heavy atom. The first-order chi connectivity index (χ1) is 28.7. The van der Waals surface area contributed by atoms with Gasteiger partial charge in [-0.2, -0.15) is 0 Å². The van der Waals surface area contributed by atoms with E-state index in [4.69, 9.17) is 24.4 Å². The van der Waals surface area contributed by atoms with E-state index in [1.807, 2.05) is 30.3 Å². The van der Waals surface area contributed by atoms with Crippen LogP contribution < -0.4 is 0 Å². The van der Waals surface area contributed by atoms with Crippen molar-refractivity contribution in [1.82, 2.24) is 19.9 Å². The van der Waals surface area contributed by atoms with Gasteiger partial charge in [-0.1, -0.05) is 146 Å². The molecular weight excluding hydrogens is 729 g/mol. The molecular formula is C52H30N4OS. The zero-order chi connectivity index (χ0) is 38.2. The van der Waals surface area contributed by atoms with Crippen LogP contribution in [0.2, 0.25) is 0 Å². The third-order valence-electron chi connectivity index (χ3n) is 11.2. The quantitative estimate of drug-likeness (QED) is 0.175. The maximum Gasteiger partial charge on any atom is 0.227 e. The number of hydrogen-bond acceptors (Lipinski definition) is 6. The van der Waals surface area contributed by atoms with Gasteiger partial charge in [0.15, 0.2) is 23.1 Å². The van der Waals surface area contributed by atoms with Gasteiger partial charge in [0.1, 0.15) is 5.52 Å². The van der Waals surface area contributed by atoms with Crippen molar-refractivity contribution in [3.05, 3.63) is 182 Å². The van der Waals surface area contributed by atoms with Crippen molar-refractivity contribution < 1.29 is 4.42 Å². The summed E-state index contributed by atoms with van der Waals surface area (Å²) >= 11 is 1.77. The molecule has 5 nitrogen and oxygen atoms in total. The van der Waals surface area contributed by atoms with Gasteiger partial charge < -0.3 is 4.42 Å². The summed E-state index contributed by atoms with van der Waals surface area (Å²) in [6.07, 6.45) is 0. The molecule has 0 spiro atoms. The predicted molar refractivity (Wildman–Crippen MR) is 240 cm³/mol. The molecule has 0 N–H and O–H groups in total. The molecule has 9 aromatic carbocycles. The van der Waals surface area contributed by atoms with Gasteiger partial charge in [0.25, 0.3) is 0 Å². The minimum absolute atomic E-state index is 0.612. The average Bonchev–Trinajstić information content (AvgIpc) is 3.91. The fraction of sp³-hybridized carbons (Fsp3) is 0. The highest BCUT2D eigenvalue weighted by molar-refractivity contribution is 7.26. The van der Waals surface area contributed by atoms with Crippen LogP contribution in [0.3, 0.4) is 0 Å². The van der Waals surface area contributed by atoms with Gasteiger partial charge in [-0.3, -0.25) is 0 Å². The van der Waals surface area contributed by atoms with E-state index in [0.29, 0.717) is 23.4 Å². The largest absolute Gasteiger partial charge is 0.435 e. The Morgan fingerprint density at radius 1 is 0.362 bits per heavy atom. The number of hydrogen-bond donors (Lipinski definition) is 0. The second kappa shape index (κ2) is 13.0. The van der Waals surface area contributed by atoms with Crippen LogP contribution in [-0.4, -0.2) is 19.9 Å². The number of aromatic nitrogens is 4. The number of benzene rings is 9. The van der Waals surface area contributed by atoms with Crippen molar-refractivity contribution in [3.8, 4) is 56.7 Å². The van der Waals surface area contributed by atoms with Crippen molar-refractivity contribution >= 4 is 74.9 Å². The standard InChI is InChI=1S/C52H30N4OS/c1-2-12-36(13-3-1)52-53-43-27-29-45-47(48(43)57-52)46-42-30-37(25-22-34(42)26-28-44(46)58-45)50-54-49(55-51(56-50)41-19-9-15-32-11-5-7-17-40(32)41)35-23-20-33(21-24-35)39-18-8-14-31-10-4-6-16-38(31)39/h1-30H. The molecule has 0 atom stereocenters. The molecule has 3 aromatic heterocycles. The maximum atomic E-state index is 6.58. The van der Waals surface area contributed by atoms with E-state index < -0.39 is 0 Å². The van der Waals surface area contributed by atoms with E-state index in [-0.39, 0.29) is 0 Å². The molecule has 0 bridgehead atoms. The van der Waals surface area contributed by atoms with Gasteiger partial charge in [-0.15, -0.1) is 11.3 Å². The summed E-state index contributed by atoms with van der Waals surface area (Å²) in [4.78, 5) is 20.5. The highest BCUT2D eigenvalue weighted by Crippen LogP contribution is 2.44. The summed E-state index contributed by atoms with van der Waals surface area (Å²) in [6, 6.07) is 63.5. The highest BCUT2D eigenvalue weighted by atomic mass is 32.1. The van der Waals surface area contributed by atoms with Crippen LogP contribution >= 0.6 is 11.3 Å². The first-order valence-corrected chi connectivity index (χ1v) is 20.1. The minimum Gasteiger partial charge on any atom is -0.435 e. The molecule has 12 rings (SSSR count). The van der Waals surface area contributed by atoms with Crippen molar-refractivity contribution in [2.45, 2.75) is 0 Å². The number of fused-ring (bicyclic) bond motifs is 9. The Bertz CT molecular complexity index is 3560. The molecule has 6 heteroatoms. The fourth-order valence-corrected chi connectivity index (χ4v) is 9.47. The van der Waals surface area contributed by atoms with Crippen LogP contribution in [-0.2, 0) is 0 Å². The second-order valence-corrected chi connectivity index (χ2v) is 15.7. The van der Waals surface area contributed by atoms with Crippen molar-refractivity contribution in [2.75, 3.05) is 0 Å². The number of thiophene rings is 1. The molecule has 3 heterocycles. The van der Waals surface area contributed by atoms with Gasteiger partial charge in [0, 0.05) is 42.4 Å². The van der Waals surface area contributed by atoms with E-state index in [9.17, 15) is 0 Å². The second-order valence-electron chi connectivity index (χ2n) is 14.6. The molecule has 0 unspecified atom stereocenters. The van der Waals surface area contributed by atoms with E-state index in [1.165, 1.54) is 21.0 Å². The zero-order valence-electron chi connectivity index (χ0n) is 30.9. The Kier molecular flexibility index (Phi) is 7.33. The first kappa shape index (κ1) is 32.7.